The Hall–Kier alpha value is -2.11. The largest absolute Gasteiger partial charge is 0.573 e. The quantitative estimate of drug-likeness (QED) is 0.368. The SMILES string of the molecule is CCOCCN(Cc1ccccn1)Cc1ccccn1.[C-]=O.[C-]=O.[C-]=O.[Re]. The average Bonchev–Trinajstić information content (AvgIpc) is 2.74. The molecule has 8 heteroatoms. The van der Waals surface area contributed by atoms with E-state index in [0.29, 0.717) is 0 Å². The first-order valence-corrected chi connectivity index (χ1v) is 7.59. The van der Waals surface area contributed by atoms with Gasteiger partial charge in [0.05, 0.1) is 18.0 Å². The van der Waals surface area contributed by atoms with Crippen molar-refractivity contribution in [3.63, 3.8) is 0 Å². The third kappa shape index (κ3) is 15.8. The molecule has 0 aliphatic rings. The summed E-state index contributed by atoms with van der Waals surface area (Å²) in [6.45, 7) is 19.5. The molecule has 2 aromatic rings. The zero-order valence-corrected chi connectivity index (χ0v) is 17.7. The van der Waals surface area contributed by atoms with Crippen LogP contribution in [-0.4, -0.2) is 55.0 Å². The summed E-state index contributed by atoms with van der Waals surface area (Å²) >= 11 is 0. The molecule has 7 nitrogen and oxygen atoms in total. The molecule has 2 rings (SSSR count). The first-order chi connectivity index (χ1) is 12.9. The summed E-state index contributed by atoms with van der Waals surface area (Å²) in [5.74, 6) is 0. The van der Waals surface area contributed by atoms with Crippen molar-refractivity contribution >= 4 is 20.4 Å². The van der Waals surface area contributed by atoms with Crippen LogP contribution in [0.25, 0.3) is 0 Å². The first-order valence-electron chi connectivity index (χ1n) is 7.59. The van der Waals surface area contributed by atoms with Crippen LogP contribution in [0, 0.1) is 0 Å². The van der Waals surface area contributed by atoms with Gasteiger partial charge in [-0.1, -0.05) is 12.1 Å². The van der Waals surface area contributed by atoms with Gasteiger partial charge in [0.2, 0.25) is 0 Å². The number of nitrogens with zero attached hydrogens (tertiary/aromatic N) is 3. The zero-order chi connectivity index (χ0) is 20.0. The van der Waals surface area contributed by atoms with Crippen molar-refractivity contribution in [1.29, 1.82) is 0 Å². The van der Waals surface area contributed by atoms with Crippen LogP contribution in [0.2, 0.25) is 0 Å². The van der Waals surface area contributed by atoms with Crippen molar-refractivity contribution in [2.75, 3.05) is 19.8 Å². The van der Waals surface area contributed by atoms with Crippen LogP contribution in [0.1, 0.15) is 18.3 Å². The number of carbonyl (C=O) groups excluding carboxylic acids is 3. The summed E-state index contributed by atoms with van der Waals surface area (Å²) in [5, 5.41) is 0. The number of hydrogen-bond donors (Lipinski definition) is 0. The average molecular weight is 542 g/mol. The molecule has 0 aromatic carbocycles. The number of rotatable bonds is 8. The van der Waals surface area contributed by atoms with Crippen LogP contribution in [-0.2, 0) is 52.6 Å². The molecule has 0 aliphatic carbocycles. The number of pyridine rings is 2. The van der Waals surface area contributed by atoms with Crippen molar-refractivity contribution in [1.82, 2.24) is 14.9 Å². The normalized spacial score (nSPS) is 8.52. The van der Waals surface area contributed by atoms with Crippen LogP contribution in [0.15, 0.2) is 48.8 Å². The van der Waals surface area contributed by atoms with Gasteiger partial charge in [0.1, 0.15) is 0 Å². The number of hydrogen-bond acceptors (Lipinski definition) is 7. The van der Waals surface area contributed by atoms with Gasteiger partial charge >= 0.3 is 0 Å². The van der Waals surface area contributed by atoms with Gasteiger partial charge in [0.25, 0.3) is 0 Å². The van der Waals surface area contributed by atoms with E-state index >= 15 is 0 Å². The topological polar surface area (TPSA) is 89.5 Å². The van der Waals surface area contributed by atoms with Crippen molar-refractivity contribution in [2.45, 2.75) is 20.0 Å². The van der Waals surface area contributed by atoms with Gasteiger partial charge in [-0.3, -0.25) is 14.9 Å². The van der Waals surface area contributed by atoms with Gasteiger partial charge in [-0.15, -0.1) is 0 Å². The Balaban J connectivity index is -0.000000749. The smallest absolute Gasteiger partial charge is 0.0593 e. The fourth-order valence-electron chi connectivity index (χ4n) is 1.99. The van der Waals surface area contributed by atoms with Crippen LogP contribution in [0.4, 0.5) is 0 Å². The predicted octanol–water partition coefficient (Wildman–Crippen LogP) is 1.32. The van der Waals surface area contributed by atoms with Crippen molar-refractivity contribution in [2.24, 2.45) is 0 Å². The summed E-state index contributed by atoms with van der Waals surface area (Å²) in [5.41, 5.74) is 2.14. The Morgan fingerprint density at radius 1 is 0.852 bits per heavy atom. The molecule has 0 aliphatic heterocycles. The first kappa shape index (κ1) is 29.6. The van der Waals surface area contributed by atoms with E-state index in [9.17, 15) is 0 Å². The van der Waals surface area contributed by atoms with Crippen molar-refractivity contribution in [3.05, 3.63) is 60.2 Å². The Morgan fingerprint density at radius 2 is 1.30 bits per heavy atom. The Labute approximate surface area is 174 Å². The van der Waals surface area contributed by atoms with Gasteiger partial charge in [0, 0.05) is 59.1 Å². The van der Waals surface area contributed by atoms with Crippen molar-refractivity contribution in [3.8, 4) is 0 Å². The monoisotopic (exact) mass is 542 g/mol. The molecule has 0 N–H and O–H groups in total. The second-order valence-corrected chi connectivity index (χ2v) is 4.55. The molecule has 0 fully saturated rings. The van der Waals surface area contributed by atoms with E-state index in [-0.39, 0.29) is 20.4 Å². The van der Waals surface area contributed by atoms with Gasteiger partial charge in [0.15, 0.2) is 0 Å². The van der Waals surface area contributed by atoms with E-state index in [0.717, 1.165) is 44.2 Å². The molecule has 27 heavy (non-hydrogen) atoms. The van der Waals surface area contributed by atoms with Gasteiger partial charge in [-0.2, -0.15) is 0 Å². The van der Waals surface area contributed by atoms with E-state index in [2.05, 4.69) is 35.2 Å². The molecule has 0 amide bonds. The summed E-state index contributed by atoms with van der Waals surface area (Å²) in [6, 6.07) is 12.0. The van der Waals surface area contributed by atoms with Crippen LogP contribution < -0.4 is 0 Å². The van der Waals surface area contributed by atoms with Crippen LogP contribution >= 0.6 is 0 Å². The molecule has 0 spiro atoms. The second-order valence-electron chi connectivity index (χ2n) is 4.55. The van der Waals surface area contributed by atoms with Gasteiger partial charge < -0.3 is 39.5 Å². The molecule has 0 saturated heterocycles. The predicted molar refractivity (Wildman–Crippen MR) is 96.2 cm³/mol. The van der Waals surface area contributed by atoms with Crippen LogP contribution in [0.3, 0.4) is 0 Å². The zero-order valence-electron chi connectivity index (χ0n) is 15.0. The van der Waals surface area contributed by atoms with E-state index in [1.165, 1.54) is 0 Å². The minimum absolute atomic E-state index is 0. The maximum Gasteiger partial charge on any atom is 0.0593 e. The van der Waals surface area contributed by atoms with Crippen LogP contribution in [0.5, 0.6) is 0 Å². The summed E-state index contributed by atoms with van der Waals surface area (Å²) in [7, 11) is 0. The maximum absolute atomic E-state index is 7.50. The summed E-state index contributed by atoms with van der Waals surface area (Å²) in [4.78, 5) is 33.6. The Bertz CT molecular complexity index is 489. The third-order valence-corrected chi connectivity index (χ3v) is 2.98. The molecular weight excluding hydrogens is 520 g/mol. The molecule has 4 radical (unpaired) electrons. The van der Waals surface area contributed by atoms with Gasteiger partial charge in [-0.25, -0.2) is 0 Å². The molecule has 0 atom stereocenters. The number of aromatic nitrogens is 2. The Morgan fingerprint density at radius 3 is 1.63 bits per heavy atom. The summed E-state index contributed by atoms with van der Waals surface area (Å²) < 4.78 is 5.46. The molecule has 146 valence electrons. The Kier molecular flexibility index (Phi) is 26.2. The van der Waals surface area contributed by atoms with Gasteiger partial charge in [-0.05, 0) is 31.2 Å². The molecular formula is C19H21N3O4Re-3. The molecule has 2 aromatic heterocycles. The minimum Gasteiger partial charge on any atom is -0.573 e. The summed E-state index contributed by atoms with van der Waals surface area (Å²) in [6.07, 6.45) is 3.66. The molecule has 0 saturated carbocycles. The van der Waals surface area contributed by atoms with E-state index in [1.807, 2.05) is 55.7 Å². The molecule has 0 unspecified atom stereocenters. The van der Waals surface area contributed by atoms with E-state index < -0.39 is 0 Å². The maximum atomic E-state index is 7.50. The van der Waals surface area contributed by atoms with E-state index in [1.54, 1.807) is 0 Å². The fraction of sp³-hybridized carbons (Fsp3) is 0.316. The molecule has 0 bridgehead atoms. The minimum atomic E-state index is 0. The van der Waals surface area contributed by atoms with E-state index in [4.69, 9.17) is 19.1 Å². The third-order valence-electron chi connectivity index (χ3n) is 2.98. The van der Waals surface area contributed by atoms with Crippen molar-refractivity contribution < 1.29 is 39.5 Å². The standard InChI is InChI=1S/C16H21N3O.3CO.Re/c1-2-20-12-11-19(13-15-7-3-5-9-17-15)14-16-8-4-6-10-18-16;3*1-2;/h3-10H,2,11-14H2,1H3;;;;/q;3*-1;. The fourth-order valence-corrected chi connectivity index (χ4v) is 1.99. The number of ether oxygens (including phenoxy) is 1. The second kappa shape index (κ2) is 23.9. The molecule has 2 heterocycles.